The number of carbonyl (C=O) groups is 1. The van der Waals surface area contributed by atoms with Gasteiger partial charge in [0.2, 0.25) is 11.9 Å². The quantitative estimate of drug-likeness (QED) is 0.444. The molecule has 0 aliphatic heterocycles. The van der Waals surface area contributed by atoms with Crippen LogP contribution in [0.3, 0.4) is 0 Å². The van der Waals surface area contributed by atoms with Gasteiger partial charge in [-0.25, -0.2) is 9.97 Å². The third kappa shape index (κ3) is 5.63. The number of nitrogens with zero attached hydrogens (tertiary/aromatic N) is 2. The van der Waals surface area contributed by atoms with Gasteiger partial charge in [0.05, 0.1) is 22.5 Å². The van der Waals surface area contributed by atoms with Crippen LogP contribution < -0.4 is 5.32 Å². The average molecular weight is 453 g/mol. The van der Waals surface area contributed by atoms with Gasteiger partial charge in [-0.2, -0.15) is 26.3 Å². The Hall–Kier alpha value is -3.43. The minimum Gasteiger partial charge on any atom is -0.294 e. The van der Waals surface area contributed by atoms with Crippen molar-refractivity contribution in [1.29, 1.82) is 0 Å². The molecule has 0 spiro atoms. The molecule has 4 nitrogen and oxygen atoms in total. The summed E-state index contributed by atoms with van der Waals surface area (Å²) in [5, 5.41) is 2.51. The number of nitrogens with one attached hydrogen (secondary N) is 1. The molecule has 10 heteroatoms. The fourth-order valence-electron chi connectivity index (χ4n) is 2.87. The molecular formula is C22H17F6N3O. The Labute approximate surface area is 179 Å². The Morgan fingerprint density at radius 1 is 0.781 bits per heavy atom. The summed E-state index contributed by atoms with van der Waals surface area (Å²) in [4.78, 5) is 20.4. The molecule has 3 aromatic rings. The van der Waals surface area contributed by atoms with E-state index in [0.717, 1.165) is 24.3 Å². The van der Waals surface area contributed by atoms with Gasteiger partial charge in [-0.3, -0.25) is 10.1 Å². The summed E-state index contributed by atoms with van der Waals surface area (Å²) in [6, 6.07) is 9.89. The highest BCUT2D eigenvalue weighted by Gasteiger charge is 2.31. The lowest BCUT2D eigenvalue weighted by Crippen LogP contribution is -2.14. The van der Waals surface area contributed by atoms with Crippen LogP contribution in [0.15, 0.2) is 54.6 Å². The largest absolute Gasteiger partial charge is 0.416 e. The van der Waals surface area contributed by atoms with Gasteiger partial charge in [0, 0.05) is 17.5 Å². The first-order valence-corrected chi connectivity index (χ1v) is 9.51. The number of benzene rings is 2. The van der Waals surface area contributed by atoms with Gasteiger partial charge in [-0.1, -0.05) is 31.2 Å². The van der Waals surface area contributed by atoms with Gasteiger partial charge in [0.1, 0.15) is 0 Å². The van der Waals surface area contributed by atoms with E-state index in [0.29, 0.717) is 17.5 Å². The number of rotatable bonds is 5. The summed E-state index contributed by atoms with van der Waals surface area (Å²) in [5.41, 5.74) is -0.630. The third-order valence-electron chi connectivity index (χ3n) is 4.47. The van der Waals surface area contributed by atoms with Gasteiger partial charge in [-0.05, 0) is 36.8 Å². The highest BCUT2D eigenvalue weighted by atomic mass is 19.4. The minimum atomic E-state index is -4.51. The number of alkyl halides is 6. The Kier molecular flexibility index (Phi) is 6.52. The smallest absolute Gasteiger partial charge is 0.294 e. The topological polar surface area (TPSA) is 54.9 Å². The first-order chi connectivity index (χ1) is 15.0. The van der Waals surface area contributed by atoms with E-state index in [1.165, 1.54) is 30.3 Å². The summed E-state index contributed by atoms with van der Waals surface area (Å²) < 4.78 is 77.1. The molecule has 1 N–H and O–H groups in total. The zero-order chi connectivity index (χ0) is 23.5. The lowest BCUT2D eigenvalue weighted by Gasteiger charge is -2.12. The second kappa shape index (κ2) is 8.97. The summed E-state index contributed by atoms with van der Waals surface area (Å²) in [6.45, 7) is 1.80. The monoisotopic (exact) mass is 453 g/mol. The average Bonchev–Trinajstić information content (AvgIpc) is 2.72. The Morgan fingerprint density at radius 2 is 1.19 bits per heavy atom. The van der Waals surface area contributed by atoms with Gasteiger partial charge in [0.25, 0.3) is 0 Å². The first kappa shape index (κ1) is 23.2. The van der Waals surface area contributed by atoms with Gasteiger partial charge >= 0.3 is 12.4 Å². The van der Waals surface area contributed by atoms with E-state index in [1.54, 1.807) is 6.92 Å². The van der Waals surface area contributed by atoms with Crippen LogP contribution in [0.1, 0.15) is 30.9 Å². The first-order valence-electron chi connectivity index (χ1n) is 9.51. The third-order valence-corrected chi connectivity index (χ3v) is 4.47. The Bertz CT molecular complexity index is 1010. The van der Waals surface area contributed by atoms with Crippen LogP contribution in [0.4, 0.5) is 32.3 Å². The molecule has 1 aromatic heterocycles. The molecule has 0 aliphatic rings. The second-order valence-electron chi connectivity index (χ2n) is 6.91. The standard InChI is InChI=1S/C22H17F6N3O/c1-2-3-19(32)31-20-29-17(13-4-8-15(9-5-13)21(23,24)25)12-18(30-20)14-6-10-16(11-7-14)22(26,27)28/h4-12H,2-3H2,1H3,(H,29,30,31,32). The summed E-state index contributed by atoms with van der Waals surface area (Å²) in [6.07, 6.45) is -8.25. The van der Waals surface area contributed by atoms with Crippen LogP contribution in [-0.4, -0.2) is 15.9 Å². The number of aromatic nitrogens is 2. The number of anilines is 1. The summed E-state index contributed by atoms with van der Waals surface area (Å²) >= 11 is 0. The van der Waals surface area contributed by atoms with Crippen LogP contribution in [-0.2, 0) is 17.1 Å². The molecule has 1 amide bonds. The van der Waals surface area contributed by atoms with Crippen LogP contribution >= 0.6 is 0 Å². The molecule has 0 saturated heterocycles. The van der Waals surface area contributed by atoms with Crippen molar-refractivity contribution in [3.8, 4) is 22.5 Å². The highest BCUT2D eigenvalue weighted by Crippen LogP contribution is 2.33. The molecule has 32 heavy (non-hydrogen) atoms. The number of carbonyl (C=O) groups excluding carboxylic acids is 1. The van der Waals surface area contributed by atoms with Crippen LogP contribution in [0, 0.1) is 0 Å². The maximum Gasteiger partial charge on any atom is 0.416 e. The highest BCUT2D eigenvalue weighted by molar-refractivity contribution is 5.89. The number of hydrogen-bond donors (Lipinski definition) is 1. The molecule has 0 saturated carbocycles. The van der Waals surface area contributed by atoms with Crippen molar-refractivity contribution in [2.75, 3.05) is 5.32 Å². The molecule has 0 aliphatic carbocycles. The Balaban J connectivity index is 2.04. The van der Waals surface area contributed by atoms with E-state index < -0.39 is 23.5 Å². The fraction of sp³-hybridized carbons (Fsp3) is 0.227. The van der Waals surface area contributed by atoms with Crippen molar-refractivity contribution >= 4 is 11.9 Å². The maximum atomic E-state index is 12.9. The van der Waals surface area contributed by atoms with Crippen LogP contribution in [0.5, 0.6) is 0 Å². The normalized spacial score (nSPS) is 12.0. The fourth-order valence-corrected chi connectivity index (χ4v) is 2.87. The van der Waals surface area contributed by atoms with Crippen molar-refractivity contribution in [1.82, 2.24) is 9.97 Å². The van der Waals surface area contributed by atoms with Gasteiger partial charge in [0.15, 0.2) is 0 Å². The maximum absolute atomic E-state index is 12.9. The zero-order valence-electron chi connectivity index (χ0n) is 16.7. The summed E-state index contributed by atoms with van der Waals surface area (Å²) in [5.74, 6) is -0.466. The molecular weight excluding hydrogens is 436 g/mol. The molecule has 0 bridgehead atoms. The van der Waals surface area contributed by atoms with Crippen molar-refractivity contribution in [2.24, 2.45) is 0 Å². The van der Waals surface area contributed by atoms with E-state index in [9.17, 15) is 31.1 Å². The molecule has 0 fully saturated rings. The molecule has 3 rings (SSSR count). The number of halogens is 6. The predicted octanol–water partition coefficient (Wildman–Crippen LogP) is 6.59. The molecule has 0 unspecified atom stereocenters. The number of hydrogen-bond acceptors (Lipinski definition) is 3. The predicted molar refractivity (Wildman–Crippen MR) is 106 cm³/mol. The van der Waals surface area contributed by atoms with E-state index in [1.807, 2.05) is 0 Å². The van der Waals surface area contributed by atoms with Crippen molar-refractivity contribution in [3.05, 3.63) is 65.7 Å². The van der Waals surface area contributed by atoms with E-state index in [-0.39, 0.29) is 29.7 Å². The van der Waals surface area contributed by atoms with E-state index in [4.69, 9.17) is 0 Å². The number of amides is 1. The van der Waals surface area contributed by atoms with Crippen molar-refractivity contribution in [2.45, 2.75) is 32.1 Å². The lowest BCUT2D eigenvalue weighted by molar-refractivity contribution is -0.138. The van der Waals surface area contributed by atoms with Gasteiger partial charge in [-0.15, -0.1) is 0 Å². The van der Waals surface area contributed by atoms with Crippen molar-refractivity contribution in [3.63, 3.8) is 0 Å². The molecule has 0 atom stereocenters. The SMILES string of the molecule is CCCC(=O)Nc1nc(-c2ccc(C(F)(F)F)cc2)cc(-c2ccc(C(F)(F)F)cc2)n1. The molecule has 0 radical (unpaired) electrons. The van der Waals surface area contributed by atoms with E-state index in [2.05, 4.69) is 15.3 Å². The van der Waals surface area contributed by atoms with Crippen molar-refractivity contribution < 1.29 is 31.1 Å². The summed E-state index contributed by atoms with van der Waals surface area (Å²) in [7, 11) is 0. The minimum absolute atomic E-state index is 0.101. The van der Waals surface area contributed by atoms with Gasteiger partial charge < -0.3 is 0 Å². The molecule has 168 valence electrons. The lowest BCUT2D eigenvalue weighted by atomic mass is 10.0. The zero-order valence-corrected chi connectivity index (χ0v) is 16.7. The molecule has 2 aromatic carbocycles. The van der Waals surface area contributed by atoms with Crippen LogP contribution in [0.25, 0.3) is 22.5 Å². The van der Waals surface area contributed by atoms with Crippen LogP contribution in [0.2, 0.25) is 0 Å². The molecule has 1 heterocycles. The van der Waals surface area contributed by atoms with E-state index >= 15 is 0 Å². The second-order valence-corrected chi connectivity index (χ2v) is 6.91. The Morgan fingerprint density at radius 3 is 1.53 bits per heavy atom.